The molecule has 0 aromatic heterocycles. The molecule has 0 amide bonds. The van der Waals surface area contributed by atoms with Gasteiger partial charge in [-0.3, -0.25) is 0 Å². The first-order valence-electron chi connectivity index (χ1n) is 3.72. The molecule has 0 saturated carbocycles. The van der Waals surface area contributed by atoms with Gasteiger partial charge in [-0.15, -0.1) is 0 Å². The van der Waals surface area contributed by atoms with Gasteiger partial charge in [0.15, 0.2) is 0 Å². The topological polar surface area (TPSA) is 45.0 Å². The normalized spacial score (nSPS) is 9.43. The molecule has 76 valence electrons. The van der Waals surface area contributed by atoms with Crippen LogP contribution in [0.4, 0.5) is 5.69 Å². The molecular weight excluding hydrogens is 302 g/mol. The molecule has 0 spiro atoms. The zero-order valence-electron chi connectivity index (χ0n) is 7.83. The number of phenols is 1. The number of aromatic hydroxyl groups is 1. The molecule has 0 atom stereocenters. The summed E-state index contributed by atoms with van der Waals surface area (Å²) in [5, 5.41) is 16.7. The molecule has 1 aromatic carbocycles. The second-order valence-electron chi connectivity index (χ2n) is 2.31. The number of azo groups is 1. The van der Waals surface area contributed by atoms with Gasteiger partial charge in [-0.05, 0) is 18.6 Å². The van der Waals surface area contributed by atoms with Crippen LogP contribution in [0.15, 0.2) is 28.4 Å². The van der Waals surface area contributed by atoms with E-state index < -0.39 is 20.8 Å². The number of hydrogen-bond donors (Lipinski definition) is 1. The summed E-state index contributed by atoms with van der Waals surface area (Å²) in [6.07, 6.45) is 0. The van der Waals surface area contributed by atoms with E-state index in [4.69, 9.17) is 17.0 Å². The van der Waals surface area contributed by atoms with Crippen LogP contribution in [0.1, 0.15) is 5.56 Å². The summed E-state index contributed by atoms with van der Waals surface area (Å²) in [6.45, 7) is 1.82. The predicted octanol–water partition coefficient (Wildman–Crippen LogP) is 3.79. The predicted molar refractivity (Wildman–Crippen MR) is 55.0 cm³/mol. The number of nitrogens with zero attached hydrogens (tertiary/aromatic N) is 2. The zero-order valence-corrected chi connectivity index (χ0v) is 11.8. The average Bonchev–Trinajstić information content (AvgIpc) is 2.15. The van der Waals surface area contributed by atoms with Crippen molar-refractivity contribution in [1.29, 1.82) is 0 Å². The first-order valence-corrected chi connectivity index (χ1v) is 10.0. The summed E-state index contributed by atoms with van der Waals surface area (Å²) in [5.74, 6) is 0.207. The molecule has 0 bridgehead atoms. The van der Waals surface area contributed by atoms with E-state index in [9.17, 15) is 5.11 Å². The van der Waals surface area contributed by atoms with E-state index in [0.29, 0.717) is 5.69 Å². The monoisotopic (exact) mass is 310 g/mol. The number of para-hydroxylation sites is 1. The molecule has 14 heavy (non-hydrogen) atoms. The van der Waals surface area contributed by atoms with Gasteiger partial charge in [-0.1, -0.05) is 12.1 Å². The first-order chi connectivity index (χ1) is 6.67. The van der Waals surface area contributed by atoms with Crippen molar-refractivity contribution >= 4 is 22.7 Å². The molecule has 0 unspecified atom stereocenters. The summed E-state index contributed by atoms with van der Waals surface area (Å²) in [6, 6.07) is 5.37. The van der Waals surface area contributed by atoms with E-state index in [1.807, 2.05) is 19.1 Å². The van der Waals surface area contributed by atoms with Gasteiger partial charge in [0.2, 0.25) is 0 Å². The van der Waals surface area contributed by atoms with Crippen molar-refractivity contribution in [2.45, 2.75) is 6.92 Å². The quantitative estimate of drug-likeness (QED) is 0.788. The molecule has 0 aliphatic carbocycles. The fraction of sp³-hybridized carbons (Fsp3) is 0.250. The Balaban J connectivity index is 0.000000500. The van der Waals surface area contributed by atoms with Crippen molar-refractivity contribution in [3.05, 3.63) is 23.8 Å². The van der Waals surface area contributed by atoms with Gasteiger partial charge in [0.25, 0.3) is 0 Å². The van der Waals surface area contributed by atoms with Crippen LogP contribution in [0, 0.1) is 6.92 Å². The Morgan fingerprint density at radius 2 is 1.93 bits per heavy atom. The molecule has 0 saturated heterocycles. The van der Waals surface area contributed by atoms with Crippen LogP contribution in [0.2, 0.25) is 0 Å². The van der Waals surface area contributed by atoms with Crippen LogP contribution in [0.25, 0.3) is 0 Å². The van der Waals surface area contributed by atoms with Crippen molar-refractivity contribution in [2.75, 3.05) is 7.05 Å². The fourth-order valence-electron chi connectivity index (χ4n) is 0.832. The van der Waals surface area contributed by atoms with Crippen LogP contribution >= 0.6 is 17.0 Å². The molecule has 0 fully saturated rings. The number of rotatable bonds is 1. The van der Waals surface area contributed by atoms with E-state index in [0.717, 1.165) is 5.56 Å². The van der Waals surface area contributed by atoms with Crippen molar-refractivity contribution in [3.8, 4) is 5.75 Å². The third-order valence-electron chi connectivity index (χ3n) is 1.42. The van der Waals surface area contributed by atoms with Crippen LogP contribution in [0.3, 0.4) is 0 Å². The molecular formula is C8H10Cl2N2OZr. The molecule has 0 aliphatic rings. The molecule has 0 heterocycles. The van der Waals surface area contributed by atoms with Crippen LogP contribution in [0.5, 0.6) is 5.75 Å². The maximum absolute atomic E-state index is 9.37. The Hall–Kier alpha value is 0.0831. The molecule has 0 aliphatic heterocycles. The second kappa shape index (κ2) is 8.40. The van der Waals surface area contributed by atoms with E-state index in [1.54, 1.807) is 13.1 Å². The third-order valence-corrected chi connectivity index (χ3v) is 1.42. The second-order valence-corrected chi connectivity index (χ2v) is 6.05. The number of benzene rings is 1. The van der Waals surface area contributed by atoms with Gasteiger partial charge in [0.1, 0.15) is 11.4 Å². The number of aryl methyl sites for hydroxylation is 1. The van der Waals surface area contributed by atoms with Crippen LogP contribution in [-0.2, 0) is 20.8 Å². The van der Waals surface area contributed by atoms with Crippen molar-refractivity contribution in [2.24, 2.45) is 10.2 Å². The van der Waals surface area contributed by atoms with Crippen LogP contribution in [-0.4, -0.2) is 12.2 Å². The minimum absolute atomic E-state index is 0.207. The Morgan fingerprint density at radius 1 is 1.36 bits per heavy atom. The number of phenolic OH excluding ortho intramolecular Hbond substituents is 1. The summed E-state index contributed by atoms with van der Waals surface area (Å²) in [7, 11) is 11.4. The van der Waals surface area contributed by atoms with E-state index in [2.05, 4.69) is 10.2 Å². The van der Waals surface area contributed by atoms with Gasteiger partial charge >= 0.3 is 37.9 Å². The van der Waals surface area contributed by atoms with E-state index in [1.165, 1.54) is 0 Å². The molecule has 6 heteroatoms. The summed E-state index contributed by atoms with van der Waals surface area (Å²) >= 11 is -0.826. The average molecular weight is 312 g/mol. The molecule has 0 radical (unpaired) electrons. The van der Waals surface area contributed by atoms with Gasteiger partial charge in [-0.25, -0.2) is 0 Å². The molecule has 1 aromatic rings. The minimum atomic E-state index is -0.826. The van der Waals surface area contributed by atoms with Crippen molar-refractivity contribution in [3.63, 3.8) is 0 Å². The van der Waals surface area contributed by atoms with Crippen molar-refractivity contribution < 1.29 is 26.0 Å². The Morgan fingerprint density at radius 3 is 2.43 bits per heavy atom. The SMILES string of the molecule is CN=Nc1cccc(C)c1O.[Cl][Zr][Cl]. The third kappa shape index (κ3) is 5.09. The molecule has 3 nitrogen and oxygen atoms in total. The Kier molecular flexibility index (Phi) is 8.45. The number of hydrogen-bond acceptors (Lipinski definition) is 3. The van der Waals surface area contributed by atoms with Gasteiger partial charge < -0.3 is 5.11 Å². The number of halogens is 2. The van der Waals surface area contributed by atoms with E-state index >= 15 is 0 Å². The van der Waals surface area contributed by atoms with Gasteiger partial charge in [0, 0.05) is 7.05 Å². The van der Waals surface area contributed by atoms with Gasteiger partial charge in [0.05, 0.1) is 0 Å². The fourth-order valence-corrected chi connectivity index (χ4v) is 0.832. The Labute approximate surface area is 102 Å². The standard InChI is InChI=1S/C8H10N2O.2ClH.Zr/c1-6-4-3-5-7(8(6)11)10-9-2;;;/h3-5,11H,1-2H3;2*1H;/q;;;+2/p-2. The summed E-state index contributed by atoms with van der Waals surface area (Å²) in [4.78, 5) is 0. The van der Waals surface area contributed by atoms with Crippen LogP contribution < -0.4 is 0 Å². The molecule has 1 rings (SSSR count). The van der Waals surface area contributed by atoms with E-state index in [-0.39, 0.29) is 5.75 Å². The zero-order chi connectivity index (χ0) is 11.0. The van der Waals surface area contributed by atoms with Gasteiger partial charge in [-0.2, -0.15) is 10.2 Å². The summed E-state index contributed by atoms with van der Waals surface area (Å²) < 4.78 is 0. The first kappa shape index (κ1) is 14.1. The summed E-state index contributed by atoms with van der Waals surface area (Å²) in [5.41, 5.74) is 1.34. The molecule has 1 N–H and O–H groups in total. The Bertz CT molecular complexity index is 307. The maximum atomic E-state index is 9.37. The van der Waals surface area contributed by atoms with Crippen molar-refractivity contribution in [1.82, 2.24) is 0 Å².